The smallest absolute Gasteiger partial charge is 0.319 e. The molecular formula is C19H19N5O. The SMILES string of the molecule is O=C(Nc1cccc2cccnc12)N[C@@H]1CCN(c2ccccn2)C1. The average Bonchev–Trinajstić information content (AvgIpc) is 3.11. The van der Waals surface area contributed by atoms with E-state index < -0.39 is 0 Å². The van der Waals surface area contributed by atoms with Gasteiger partial charge in [-0.1, -0.05) is 24.3 Å². The summed E-state index contributed by atoms with van der Waals surface area (Å²) in [6, 6.07) is 15.4. The Kier molecular flexibility index (Phi) is 4.16. The number of fused-ring (bicyclic) bond motifs is 1. The number of benzene rings is 1. The zero-order valence-electron chi connectivity index (χ0n) is 13.7. The first-order valence-electron chi connectivity index (χ1n) is 8.37. The van der Waals surface area contributed by atoms with Gasteiger partial charge in [0, 0.05) is 36.9 Å². The van der Waals surface area contributed by atoms with Crippen LogP contribution >= 0.6 is 0 Å². The fourth-order valence-electron chi connectivity index (χ4n) is 3.18. The number of hydrogen-bond donors (Lipinski definition) is 2. The molecule has 1 fully saturated rings. The Morgan fingerprint density at radius 1 is 1.04 bits per heavy atom. The second-order valence-electron chi connectivity index (χ2n) is 6.10. The molecule has 0 spiro atoms. The van der Waals surface area contributed by atoms with Crippen molar-refractivity contribution in [1.29, 1.82) is 0 Å². The minimum Gasteiger partial charge on any atom is -0.354 e. The van der Waals surface area contributed by atoms with Gasteiger partial charge in [0.15, 0.2) is 0 Å². The molecule has 0 bridgehead atoms. The third-order valence-corrected chi connectivity index (χ3v) is 4.38. The van der Waals surface area contributed by atoms with Crippen molar-refractivity contribution in [2.45, 2.75) is 12.5 Å². The highest BCUT2D eigenvalue weighted by Gasteiger charge is 2.24. The number of para-hydroxylation sites is 1. The van der Waals surface area contributed by atoms with Crippen molar-refractivity contribution in [3.05, 3.63) is 60.9 Å². The van der Waals surface area contributed by atoms with Crippen LogP contribution < -0.4 is 15.5 Å². The summed E-state index contributed by atoms with van der Waals surface area (Å²) in [6.07, 6.45) is 4.42. The van der Waals surface area contributed by atoms with Gasteiger partial charge in [-0.3, -0.25) is 4.98 Å². The van der Waals surface area contributed by atoms with Gasteiger partial charge in [-0.25, -0.2) is 9.78 Å². The largest absolute Gasteiger partial charge is 0.354 e. The van der Waals surface area contributed by atoms with Crippen LogP contribution in [0.4, 0.5) is 16.3 Å². The third-order valence-electron chi connectivity index (χ3n) is 4.38. The minimum absolute atomic E-state index is 0.102. The maximum absolute atomic E-state index is 12.4. The van der Waals surface area contributed by atoms with Gasteiger partial charge in [-0.15, -0.1) is 0 Å². The fraction of sp³-hybridized carbons (Fsp3) is 0.211. The number of pyridine rings is 2. The molecule has 1 aromatic carbocycles. The van der Waals surface area contributed by atoms with Gasteiger partial charge < -0.3 is 15.5 Å². The molecule has 6 heteroatoms. The van der Waals surface area contributed by atoms with Gasteiger partial charge in [0.25, 0.3) is 0 Å². The van der Waals surface area contributed by atoms with Crippen molar-refractivity contribution in [3.63, 3.8) is 0 Å². The third kappa shape index (κ3) is 3.38. The lowest BCUT2D eigenvalue weighted by Crippen LogP contribution is -2.39. The van der Waals surface area contributed by atoms with Crippen LogP contribution in [0.1, 0.15) is 6.42 Å². The molecule has 0 aliphatic carbocycles. The zero-order chi connectivity index (χ0) is 17.1. The van der Waals surface area contributed by atoms with E-state index in [1.807, 2.05) is 48.5 Å². The molecular weight excluding hydrogens is 314 g/mol. The molecule has 25 heavy (non-hydrogen) atoms. The second kappa shape index (κ2) is 6.76. The van der Waals surface area contributed by atoms with Crippen molar-refractivity contribution in [1.82, 2.24) is 15.3 Å². The predicted octanol–water partition coefficient (Wildman–Crippen LogP) is 3.03. The topological polar surface area (TPSA) is 70.2 Å². The van der Waals surface area contributed by atoms with Crippen LogP contribution in [0, 0.1) is 0 Å². The van der Waals surface area contributed by atoms with Crippen molar-refractivity contribution in [2.24, 2.45) is 0 Å². The standard InChI is InChI=1S/C19H19N5O/c25-19(23-16-7-3-5-14-6-4-11-21-18(14)16)22-15-9-12-24(13-15)17-8-1-2-10-20-17/h1-8,10-11,15H,9,12-13H2,(H2,22,23,25)/t15-/m1/s1. The Morgan fingerprint density at radius 2 is 1.92 bits per heavy atom. The van der Waals surface area contributed by atoms with E-state index in [1.54, 1.807) is 12.4 Å². The molecule has 2 N–H and O–H groups in total. The summed E-state index contributed by atoms with van der Waals surface area (Å²) in [6.45, 7) is 1.65. The lowest BCUT2D eigenvalue weighted by atomic mass is 10.2. The summed E-state index contributed by atoms with van der Waals surface area (Å²) in [5, 5.41) is 6.97. The van der Waals surface area contributed by atoms with Crippen molar-refractivity contribution >= 4 is 28.4 Å². The van der Waals surface area contributed by atoms with Crippen LogP contribution in [0.3, 0.4) is 0 Å². The van der Waals surface area contributed by atoms with Crippen LogP contribution in [0.2, 0.25) is 0 Å². The predicted molar refractivity (Wildman–Crippen MR) is 98.8 cm³/mol. The van der Waals surface area contributed by atoms with E-state index in [2.05, 4.69) is 25.5 Å². The van der Waals surface area contributed by atoms with E-state index >= 15 is 0 Å². The minimum atomic E-state index is -0.203. The lowest BCUT2D eigenvalue weighted by molar-refractivity contribution is 0.249. The first-order valence-corrected chi connectivity index (χ1v) is 8.37. The van der Waals surface area contributed by atoms with E-state index in [-0.39, 0.29) is 12.1 Å². The van der Waals surface area contributed by atoms with Crippen LogP contribution in [0.15, 0.2) is 60.9 Å². The average molecular weight is 333 g/mol. The number of carbonyl (C=O) groups is 1. The highest BCUT2D eigenvalue weighted by molar-refractivity contribution is 5.99. The van der Waals surface area contributed by atoms with Crippen LogP contribution in [0.25, 0.3) is 10.9 Å². The van der Waals surface area contributed by atoms with E-state index in [9.17, 15) is 4.79 Å². The van der Waals surface area contributed by atoms with Crippen molar-refractivity contribution < 1.29 is 4.79 Å². The highest BCUT2D eigenvalue weighted by Crippen LogP contribution is 2.21. The Labute approximate surface area is 145 Å². The molecule has 1 saturated heterocycles. The number of amides is 2. The Bertz CT molecular complexity index is 878. The van der Waals surface area contributed by atoms with E-state index in [1.165, 1.54) is 0 Å². The molecule has 0 saturated carbocycles. The molecule has 2 aromatic heterocycles. The molecule has 1 aliphatic heterocycles. The molecule has 4 rings (SSSR count). The molecule has 0 radical (unpaired) electrons. The molecule has 3 aromatic rings. The molecule has 2 amide bonds. The van der Waals surface area contributed by atoms with Crippen molar-refractivity contribution in [3.8, 4) is 0 Å². The Hall–Kier alpha value is -3.15. The van der Waals surface area contributed by atoms with E-state index in [0.717, 1.165) is 41.9 Å². The summed E-state index contributed by atoms with van der Waals surface area (Å²) in [4.78, 5) is 23.3. The summed E-state index contributed by atoms with van der Waals surface area (Å²) in [7, 11) is 0. The Morgan fingerprint density at radius 3 is 2.80 bits per heavy atom. The monoisotopic (exact) mass is 333 g/mol. The van der Waals surface area contributed by atoms with E-state index in [4.69, 9.17) is 0 Å². The Balaban J connectivity index is 1.39. The summed E-state index contributed by atoms with van der Waals surface area (Å²) < 4.78 is 0. The fourth-order valence-corrected chi connectivity index (χ4v) is 3.18. The number of rotatable bonds is 3. The highest BCUT2D eigenvalue weighted by atomic mass is 16.2. The lowest BCUT2D eigenvalue weighted by Gasteiger charge is -2.18. The van der Waals surface area contributed by atoms with E-state index in [0.29, 0.717) is 0 Å². The second-order valence-corrected chi connectivity index (χ2v) is 6.10. The summed E-state index contributed by atoms with van der Waals surface area (Å²) >= 11 is 0. The quantitative estimate of drug-likeness (QED) is 0.773. The number of urea groups is 1. The number of nitrogens with zero attached hydrogens (tertiary/aromatic N) is 3. The maximum Gasteiger partial charge on any atom is 0.319 e. The van der Waals surface area contributed by atoms with Crippen LogP contribution in [0.5, 0.6) is 0 Å². The zero-order valence-corrected chi connectivity index (χ0v) is 13.7. The van der Waals surface area contributed by atoms with Crippen LogP contribution in [-0.2, 0) is 0 Å². The molecule has 1 aliphatic rings. The van der Waals surface area contributed by atoms with Crippen molar-refractivity contribution in [2.75, 3.05) is 23.3 Å². The van der Waals surface area contributed by atoms with Gasteiger partial charge in [0.2, 0.25) is 0 Å². The van der Waals surface area contributed by atoms with Gasteiger partial charge >= 0.3 is 6.03 Å². The van der Waals surface area contributed by atoms with Crippen LogP contribution in [-0.4, -0.2) is 35.1 Å². The van der Waals surface area contributed by atoms with Gasteiger partial charge in [0.05, 0.1) is 11.2 Å². The molecule has 0 unspecified atom stereocenters. The van der Waals surface area contributed by atoms with Gasteiger partial charge in [-0.2, -0.15) is 0 Å². The number of aromatic nitrogens is 2. The maximum atomic E-state index is 12.4. The molecule has 1 atom stereocenters. The molecule has 3 heterocycles. The van der Waals surface area contributed by atoms with Gasteiger partial charge in [0.1, 0.15) is 5.82 Å². The normalized spacial score (nSPS) is 16.8. The first kappa shape index (κ1) is 15.4. The molecule has 6 nitrogen and oxygen atoms in total. The number of carbonyl (C=O) groups excluding carboxylic acids is 1. The number of hydrogen-bond acceptors (Lipinski definition) is 4. The van der Waals surface area contributed by atoms with Gasteiger partial charge in [-0.05, 0) is 30.7 Å². The summed E-state index contributed by atoms with van der Waals surface area (Å²) in [5.74, 6) is 0.950. The number of nitrogens with one attached hydrogen (secondary N) is 2. The molecule has 126 valence electrons. The summed E-state index contributed by atoms with van der Waals surface area (Å²) in [5.41, 5.74) is 1.51. The first-order chi connectivity index (χ1) is 12.3. The number of anilines is 2.